The van der Waals surface area contributed by atoms with Crippen LogP contribution < -0.4 is 4.74 Å². The number of benzene rings is 2. The van der Waals surface area contributed by atoms with E-state index in [0.29, 0.717) is 25.4 Å². The van der Waals surface area contributed by atoms with Gasteiger partial charge in [-0.2, -0.15) is 4.31 Å². The molecule has 134 valence electrons. The van der Waals surface area contributed by atoms with Crippen molar-refractivity contribution in [2.45, 2.75) is 10.9 Å². The molecule has 1 unspecified atom stereocenters. The van der Waals surface area contributed by atoms with Crippen molar-refractivity contribution in [2.24, 2.45) is 0 Å². The maximum Gasteiger partial charge on any atom is 0.243 e. The van der Waals surface area contributed by atoms with Crippen molar-refractivity contribution in [1.82, 2.24) is 9.21 Å². The summed E-state index contributed by atoms with van der Waals surface area (Å²) in [4.78, 5) is 2.34. The molecule has 1 saturated heterocycles. The molecule has 1 atom stereocenters. The number of halogens is 1. The van der Waals surface area contributed by atoms with Crippen molar-refractivity contribution < 1.29 is 17.5 Å². The number of hydrogen-bond acceptors (Lipinski definition) is 4. The Bertz CT molecular complexity index is 822. The van der Waals surface area contributed by atoms with Gasteiger partial charge in [-0.1, -0.05) is 12.1 Å². The van der Waals surface area contributed by atoms with Crippen LogP contribution in [0.15, 0.2) is 53.4 Å². The van der Waals surface area contributed by atoms with Crippen LogP contribution in [0.25, 0.3) is 0 Å². The molecule has 2 aromatic carbocycles. The summed E-state index contributed by atoms with van der Waals surface area (Å²) in [7, 11) is -0.0938. The van der Waals surface area contributed by atoms with Crippen LogP contribution >= 0.6 is 0 Å². The SMILES string of the molecule is COc1ccc(S(=O)(=O)N2CCN(C)C(c3ccc(F)cc3)C2)cc1. The molecule has 1 fully saturated rings. The number of ether oxygens (including phenoxy) is 1. The standard InChI is InChI=1S/C18H21FN2O3S/c1-20-11-12-21(13-18(20)14-3-5-15(19)6-4-14)25(22,23)17-9-7-16(24-2)8-10-17/h3-10,18H,11-13H2,1-2H3. The first-order valence-electron chi connectivity index (χ1n) is 8.02. The minimum Gasteiger partial charge on any atom is -0.497 e. The van der Waals surface area contributed by atoms with E-state index in [-0.39, 0.29) is 16.8 Å². The highest BCUT2D eigenvalue weighted by molar-refractivity contribution is 7.89. The largest absolute Gasteiger partial charge is 0.497 e. The van der Waals surface area contributed by atoms with Crippen molar-refractivity contribution in [3.63, 3.8) is 0 Å². The third kappa shape index (κ3) is 3.68. The number of hydrogen-bond donors (Lipinski definition) is 0. The molecule has 0 amide bonds. The van der Waals surface area contributed by atoms with Gasteiger partial charge in [0.15, 0.2) is 0 Å². The fourth-order valence-corrected chi connectivity index (χ4v) is 4.45. The normalized spacial score (nSPS) is 19.7. The van der Waals surface area contributed by atoms with Gasteiger partial charge in [0.2, 0.25) is 10.0 Å². The summed E-state index contributed by atoms with van der Waals surface area (Å²) in [5.74, 6) is 0.312. The molecular weight excluding hydrogens is 343 g/mol. The maximum absolute atomic E-state index is 13.2. The molecule has 1 aliphatic rings. The summed E-state index contributed by atoms with van der Waals surface area (Å²) in [6, 6.07) is 12.5. The maximum atomic E-state index is 13.2. The molecule has 0 N–H and O–H groups in total. The first-order valence-corrected chi connectivity index (χ1v) is 9.46. The van der Waals surface area contributed by atoms with Gasteiger partial charge in [0, 0.05) is 25.7 Å². The molecule has 3 rings (SSSR count). The topological polar surface area (TPSA) is 49.9 Å². The van der Waals surface area contributed by atoms with E-state index in [1.165, 1.54) is 23.5 Å². The van der Waals surface area contributed by atoms with Crippen LogP contribution in [-0.4, -0.2) is 51.4 Å². The molecule has 2 aromatic rings. The Labute approximate surface area is 147 Å². The highest BCUT2D eigenvalue weighted by Crippen LogP contribution is 2.28. The second-order valence-electron chi connectivity index (χ2n) is 6.09. The van der Waals surface area contributed by atoms with Gasteiger partial charge in [-0.3, -0.25) is 4.90 Å². The van der Waals surface area contributed by atoms with Gasteiger partial charge in [0.1, 0.15) is 11.6 Å². The van der Waals surface area contributed by atoms with Crippen molar-refractivity contribution in [3.8, 4) is 5.75 Å². The van der Waals surface area contributed by atoms with Crippen molar-refractivity contribution in [2.75, 3.05) is 33.8 Å². The predicted molar refractivity (Wildman–Crippen MR) is 93.5 cm³/mol. The van der Waals surface area contributed by atoms with Gasteiger partial charge in [-0.05, 0) is 49.0 Å². The van der Waals surface area contributed by atoms with Gasteiger partial charge in [-0.25, -0.2) is 12.8 Å². The first kappa shape index (κ1) is 17.8. The molecule has 0 radical (unpaired) electrons. The van der Waals surface area contributed by atoms with Crippen LogP contribution in [0.1, 0.15) is 11.6 Å². The number of piperazine rings is 1. The van der Waals surface area contributed by atoms with Gasteiger partial charge in [0.25, 0.3) is 0 Å². The van der Waals surface area contributed by atoms with Crippen LogP contribution in [-0.2, 0) is 10.0 Å². The second kappa shape index (κ2) is 7.11. The van der Waals surface area contributed by atoms with Crippen LogP contribution in [0.3, 0.4) is 0 Å². The highest BCUT2D eigenvalue weighted by Gasteiger charge is 2.33. The average Bonchev–Trinajstić information content (AvgIpc) is 2.63. The molecule has 0 saturated carbocycles. The van der Waals surface area contributed by atoms with Crippen LogP contribution in [0.4, 0.5) is 4.39 Å². The third-order valence-corrected chi connectivity index (χ3v) is 6.44. The Hall–Kier alpha value is -1.96. The number of methoxy groups -OCH3 is 1. The van der Waals surface area contributed by atoms with Gasteiger partial charge >= 0.3 is 0 Å². The lowest BCUT2D eigenvalue weighted by Gasteiger charge is -2.39. The lowest BCUT2D eigenvalue weighted by atomic mass is 10.0. The average molecular weight is 364 g/mol. The smallest absolute Gasteiger partial charge is 0.243 e. The quantitative estimate of drug-likeness (QED) is 0.837. The molecule has 0 aromatic heterocycles. The minimum absolute atomic E-state index is 0.109. The second-order valence-corrected chi connectivity index (χ2v) is 8.02. The van der Waals surface area contributed by atoms with E-state index < -0.39 is 10.0 Å². The summed E-state index contributed by atoms with van der Waals surface area (Å²) in [6.07, 6.45) is 0. The molecule has 1 aliphatic heterocycles. The Morgan fingerprint density at radius 2 is 1.68 bits per heavy atom. The van der Waals surface area contributed by atoms with E-state index in [1.54, 1.807) is 36.4 Å². The molecule has 25 heavy (non-hydrogen) atoms. The molecule has 0 aliphatic carbocycles. The summed E-state index contributed by atoms with van der Waals surface area (Å²) >= 11 is 0. The van der Waals surface area contributed by atoms with Crippen LogP contribution in [0.2, 0.25) is 0 Å². The lowest BCUT2D eigenvalue weighted by molar-refractivity contribution is 0.148. The van der Waals surface area contributed by atoms with Crippen molar-refractivity contribution in [3.05, 3.63) is 59.9 Å². The number of nitrogens with zero attached hydrogens (tertiary/aromatic N) is 2. The third-order valence-electron chi connectivity index (χ3n) is 4.56. The molecule has 7 heteroatoms. The Morgan fingerprint density at radius 3 is 2.28 bits per heavy atom. The zero-order chi connectivity index (χ0) is 18.0. The number of sulfonamides is 1. The van der Waals surface area contributed by atoms with E-state index in [2.05, 4.69) is 4.90 Å². The Morgan fingerprint density at radius 1 is 1.04 bits per heavy atom. The van der Waals surface area contributed by atoms with Crippen molar-refractivity contribution >= 4 is 10.0 Å². The van der Waals surface area contributed by atoms with Crippen LogP contribution in [0, 0.1) is 5.82 Å². The lowest BCUT2D eigenvalue weighted by Crippen LogP contribution is -2.48. The predicted octanol–water partition coefficient (Wildman–Crippen LogP) is 2.51. The fraction of sp³-hybridized carbons (Fsp3) is 0.333. The Kier molecular flexibility index (Phi) is 5.08. The first-order chi connectivity index (χ1) is 11.9. The number of rotatable bonds is 4. The summed E-state index contributed by atoms with van der Waals surface area (Å²) < 4.78 is 45.6. The monoisotopic (exact) mass is 364 g/mol. The summed E-state index contributed by atoms with van der Waals surface area (Å²) in [5, 5.41) is 0. The van der Waals surface area contributed by atoms with E-state index in [1.807, 2.05) is 7.05 Å². The molecule has 0 spiro atoms. The zero-order valence-corrected chi connectivity index (χ0v) is 15.0. The van der Waals surface area contributed by atoms with E-state index in [9.17, 15) is 12.8 Å². The van der Waals surface area contributed by atoms with E-state index in [4.69, 9.17) is 4.74 Å². The minimum atomic E-state index is -3.58. The zero-order valence-electron chi connectivity index (χ0n) is 14.2. The van der Waals surface area contributed by atoms with Gasteiger partial charge < -0.3 is 4.74 Å². The summed E-state index contributed by atoms with van der Waals surface area (Å²) in [6.45, 7) is 1.36. The summed E-state index contributed by atoms with van der Waals surface area (Å²) in [5.41, 5.74) is 0.901. The molecular formula is C18H21FN2O3S. The molecule has 5 nitrogen and oxygen atoms in total. The van der Waals surface area contributed by atoms with Crippen molar-refractivity contribution in [1.29, 1.82) is 0 Å². The van der Waals surface area contributed by atoms with E-state index in [0.717, 1.165) is 5.56 Å². The Balaban J connectivity index is 1.85. The van der Waals surface area contributed by atoms with Gasteiger partial charge in [-0.15, -0.1) is 0 Å². The van der Waals surface area contributed by atoms with Crippen LogP contribution in [0.5, 0.6) is 5.75 Å². The highest BCUT2D eigenvalue weighted by atomic mass is 32.2. The van der Waals surface area contributed by atoms with Gasteiger partial charge in [0.05, 0.1) is 12.0 Å². The van der Waals surface area contributed by atoms with E-state index >= 15 is 0 Å². The molecule has 0 bridgehead atoms. The number of likely N-dealkylation sites (N-methyl/N-ethyl adjacent to an activating group) is 1. The molecule has 1 heterocycles. The fourth-order valence-electron chi connectivity index (χ4n) is 3.01.